The first-order valence-corrected chi connectivity index (χ1v) is 11.2. The summed E-state index contributed by atoms with van der Waals surface area (Å²) in [5, 5.41) is 5.37. The molecular weight excluding hydrogens is 461 g/mol. The van der Waals surface area contributed by atoms with Crippen molar-refractivity contribution in [1.82, 2.24) is 4.98 Å². The van der Waals surface area contributed by atoms with Gasteiger partial charge in [-0.25, -0.2) is 9.18 Å². The highest BCUT2D eigenvalue weighted by Crippen LogP contribution is 2.32. The summed E-state index contributed by atoms with van der Waals surface area (Å²) >= 11 is 0. The van der Waals surface area contributed by atoms with E-state index >= 15 is 0 Å². The van der Waals surface area contributed by atoms with E-state index < -0.39 is 6.03 Å². The van der Waals surface area contributed by atoms with E-state index in [-0.39, 0.29) is 11.8 Å². The van der Waals surface area contributed by atoms with Crippen LogP contribution in [-0.4, -0.2) is 23.6 Å². The number of nitrogens with zero attached hydrogens (tertiary/aromatic N) is 1. The maximum Gasteiger partial charge on any atom is 0.323 e. The maximum atomic E-state index is 12.9. The zero-order chi connectivity index (χ0) is 25.8. The Labute approximate surface area is 208 Å². The summed E-state index contributed by atoms with van der Waals surface area (Å²) in [6.45, 7) is 3.65. The molecule has 184 valence electrons. The SMILES string of the molecule is CCOC(C)=O.O=C(Nc1ccc(F)cc1)Nc1ccc(Oc2ccncc2-c2ccccc2)cc1. The first kappa shape index (κ1) is 25.9. The van der Waals surface area contributed by atoms with Crippen LogP contribution in [0, 0.1) is 5.82 Å². The third-order valence-electron chi connectivity index (χ3n) is 4.66. The predicted octanol–water partition coefficient (Wildman–Crippen LogP) is 6.89. The fourth-order valence-electron chi connectivity index (χ4n) is 3.07. The largest absolute Gasteiger partial charge is 0.466 e. The summed E-state index contributed by atoms with van der Waals surface area (Å²) < 4.78 is 23.4. The molecule has 0 saturated heterocycles. The zero-order valence-electron chi connectivity index (χ0n) is 19.9. The number of hydrogen-bond donors (Lipinski definition) is 2. The van der Waals surface area contributed by atoms with Crippen molar-refractivity contribution in [3.8, 4) is 22.6 Å². The van der Waals surface area contributed by atoms with Crippen molar-refractivity contribution in [3.05, 3.63) is 103 Å². The number of rotatable bonds is 6. The Morgan fingerprint density at radius 3 is 2.03 bits per heavy atom. The van der Waals surface area contributed by atoms with Crippen molar-refractivity contribution < 1.29 is 23.5 Å². The van der Waals surface area contributed by atoms with E-state index in [0.717, 1.165) is 11.1 Å². The normalized spacial score (nSPS) is 9.86. The monoisotopic (exact) mass is 487 g/mol. The lowest BCUT2D eigenvalue weighted by Gasteiger charge is -2.12. The third kappa shape index (κ3) is 8.25. The number of nitrogens with one attached hydrogen (secondary N) is 2. The molecule has 2 N–H and O–H groups in total. The van der Waals surface area contributed by atoms with E-state index in [1.165, 1.54) is 31.2 Å². The summed E-state index contributed by atoms with van der Waals surface area (Å²) in [7, 11) is 0. The van der Waals surface area contributed by atoms with Crippen LogP contribution >= 0.6 is 0 Å². The van der Waals surface area contributed by atoms with Crippen molar-refractivity contribution in [2.24, 2.45) is 0 Å². The van der Waals surface area contributed by atoms with E-state index in [4.69, 9.17) is 4.74 Å². The van der Waals surface area contributed by atoms with Gasteiger partial charge in [0.25, 0.3) is 0 Å². The molecule has 36 heavy (non-hydrogen) atoms. The minimum absolute atomic E-state index is 0.211. The minimum atomic E-state index is -0.421. The van der Waals surface area contributed by atoms with E-state index in [2.05, 4.69) is 20.4 Å². The molecule has 3 aromatic carbocycles. The number of ether oxygens (including phenoxy) is 2. The van der Waals surface area contributed by atoms with Crippen LogP contribution in [0.1, 0.15) is 13.8 Å². The highest BCUT2D eigenvalue weighted by Gasteiger charge is 2.08. The van der Waals surface area contributed by atoms with Crippen LogP contribution in [0.25, 0.3) is 11.1 Å². The number of urea groups is 1. The van der Waals surface area contributed by atoms with Gasteiger partial charge in [-0.15, -0.1) is 0 Å². The Morgan fingerprint density at radius 2 is 1.47 bits per heavy atom. The van der Waals surface area contributed by atoms with Gasteiger partial charge in [0.1, 0.15) is 17.3 Å². The van der Waals surface area contributed by atoms with Crippen molar-refractivity contribution in [2.75, 3.05) is 17.2 Å². The number of hydrogen-bond acceptors (Lipinski definition) is 5. The molecule has 2 amide bonds. The quantitative estimate of drug-likeness (QED) is 0.289. The van der Waals surface area contributed by atoms with Gasteiger partial charge in [-0.1, -0.05) is 30.3 Å². The smallest absolute Gasteiger partial charge is 0.323 e. The van der Waals surface area contributed by atoms with Gasteiger partial charge in [-0.2, -0.15) is 0 Å². The number of halogens is 1. The summed E-state index contributed by atoms with van der Waals surface area (Å²) in [4.78, 5) is 26.1. The van der Waals surface area contributed by atoms with Gasteiger partial charge in [-0.05, 0) is 67.1 Å². The zero-order valence-corrected chi connectivity index (χ0v) is 19.9. The van der Waals surface area contributed by atoms with E-state index in [9.17, 15) is 14.0 Å². The van der Waals surface area contributed by atoms with Gasteiger partial charge in [0.2, 0.25) is 0 Å². The Hall–Kier alpha value is -4.72. The molecule has 0 saturated carbocycles. The second kappa shape index (κ2) is 13.2. The number of amides is 2. The number of benzene rings is 3. The summed E-state index contributed by atoms with van der Waals surface area (Å²) in [5.74, 6) is 0.743. The molecule has 0 fully saturated rings. The highest BCUT2D eigenvalue weighted by molar-refractivity contribution is 5.99. The Morgan fingerprint density at radius 1 is 0.861 bits per heavy atom. The van der Waals surface area contributed by atoms with Gasteiger partial charge in [0.15, 0.2) is 0 Å². The molecule has 0 radical (unpaired) electrons. The molecule has 4 aromatic rings. The topological polar surface area (TPSA) is 89.6 Å². The van der Waals surface area contributed by atoms with Gasteiger partial charge in [0, 0.05) is 36.3 Å². The first-order valence-electron chi connectivity index (χ1n) is 11.2. The second-order valence-corrected chi connectivity index (χ2v) is 7.37. The molecule has 0 aliphatic rings. The molecule has 0 spiro atoms. The third-order valence-corrected chi connectivity index (χ3v) is 4.66. The van der Waals surface area contributed by atoms with Crippen molar-refractivity contribution in [2.45, 2.75) is 13.8 Å². The molecule has 8 heteroatoms. The van der Waals surface area contributed by atoms with E-state index in [0.29, 0.717) is 29.5 Å². The molecule has 0 unspecified atom stereocenters. The molecule has 0 aliphatic carbocycles. The lowest BCUT2D eigenvalue weighted by atomic mass is 10.1. The summed E-state index contributed by atoms with van der Waals surface area (Å²) in [5.41, 5.74) is 3.00. The lowest BCUT2D eigenvalue weighted by molar-refractivity contribution is -0.140. The Bertz CT molecular complexity index is 1260. The average Bonchev–Trinajstić information content (AvgIpc) is 2.88. The van der Waals surface area contributed by atoms with Gasteiger partial charge < -0.3 is 20.1 Å². The second-order valence-electron chi connectivity index (χ2n) is 7.37. The van der Waals surface area contributed by atoms with Gasteiger partial charge in [0.05, 0.1) is 6.61 Å². The molecule has 7 nitrogen and oxygen atoms in total. The van der Waals surface area contributed by atoms with Crippen LogP contribution in [0.4, 0.5) is 20.6 Å². The Kier molecular flexibility index (Phi) is 9.52. The number of pyridine rings is 1. The van der Waals surface area contributed by atoms with Crippen LogP contribution in [0.3, 0.4) is 0 Å². The average molecular weight is 488 g/mol. The molecule has 1 heterocycles. The van der Waals surface area contributed by atoms with Crippen LogP contribution in [0.2, 0.25) is 0 Å². The van der Waals surface area contributed by atoms with Crippen LogP contribution < -0.4 is 15.4 Å². The number of carbonyl (C=O) groups excluding carboxylic acids is 2. The summed E-state index contributed by atoms with van der Waals surface area (Å²) in [6.07, 6.45) is 3.44. The molecular formula is C28H26FN3O4. The number of carbonyl (C=O) groups is 2. The van der Waals surface area contributed by atoms with Crippen LogP contribution in [0.15, 0.2) is 97.3 Å². The number of esters is 1. The predicted molar refractivity (Wildman–Crippen MR) is 138 cm³/mol. The van der Waals surface area contributed by atoms with E-state index in [1.54, 1.807) is 43.6 Å². The standard InChI is InChI=1S/C24H18FN3O2.C4H8O2/c25-18-6-8-19(9-7-18)27-24(29)28-20-10-12-21(13-11-20)30-23-14-15-26-16-22(23)17-4-2-1-3-5-17;1-3-6-4(2)5/h1-16H,(H2,27,28,29);3H2,1-2H3. The first-order chi connectivity index (χ1) is 17.4. The van der Waals surface area contributed by atoms with Crippen molar-refractivity contribution in [1.29, 1.82) is 0 Å². The fourth-order valence-corrected chi connectivity index (χ4v) is 3.07. The van der Waals surface area contributed by atoms with Gasteiger partial charge >= 0.3 is 12.0 Å². The maximum absolute atomic E-state index is 12.9. The van der Waals surface area contributed by atoms with Crippen molar-refractivity contribution >= 4 is 23.4 Å². The lowest BCUT2D eigenvalue weighted by Crippen LogP contribution is -2.19. The minimum Gasteiger partial charge on any atom is -0.466 e. The molecule has 4 rings (SSSR count). The summed E-state index contributed by atoms with van der Waals surface area (Å²) in [6, 6.07) is 23.8. The van der Waals surface area contributed by atoms with E-state index in [1.807, 2.05) is 36.4 Å². The van der Waals surface area contributed by atoms with Crippen molar-refractivity contribution in [3.63, 3.8) is 0 Å². The highest BCUT2D eigenvalue weighted by atomic mass is 19.1. The number of aromatic nitrogens is 1. The molecule has 0 bridgehead atoms. The number of anilines is 2. The fraction of sp³-hybridized carbons (Fsp3) is 0.107. The molecule has 0 aliphatic heterocycles. The van der Waals surface area contributed by atoms with Crippen LogP contribution in [-0.2, 0) is 9.53 Å². The molecule has 0 atom stereocenters. The van der Waals surface area contributed by atoms with Crippen LogP contribution in [0.5, 0.6) is 11.5 Å². The molecule has 1 aromatic heterocycles. The Balaban J connectivity index is 0.000000538. The van der Waals surface area contributed by atoms with Gasteiger partial charge in [-0.3, -0.25) is 9.78 Å².